The Labute approximate surface area is 147 Å². The first-order chi connectivity index (χ1) is 10.4. The average molecular weight is 428 g/mol. The third kappa shape index (κ3) is 3.92. The number of hydrogen-bond donors (Lipinski definition) is 1. The highest BCUT2D eigenvalue weighted by Crippen LogP contribution is 2.34. The lowest BCUT2D eigenvalue weighted by Crippen LogP contribution is -2.15. The average Bonchev–Trinajstić information content (AvgIpc) is 2.43. The molecular formula is C16H17IN2O2S. The third-order valence-corrected chi connectivity index (χ3v) is 5.55. The van der Waals surface area contributed by atoms with Gasteiger partial charge in [-0.3, -0.25) is 4.79 Å². The van der Waals surface area contributed by atoms with Crippen LogP contribution in [0.25, 0.3) is 0 Å². The van der Waals surface area contributed by atoms with Crippen LogP contribution in [0.4, 0.5) is 0 Å². The van der Waals surface area contributed by atoms with Crippen molar-refractivity contribution in [2.75, 3.05) is 7.11 Å². The zero-order valence-electron chi connectivity index (χ0n) is 12.9. The number of rotatable bonds is 4. The van der Waals surface area contributed by atoms with Crippen molar-refractivity contribution in [2.45, 2.75) is 30.6 Å². The van der Waals surface area contributed by atoms with Crippen LogP contribution < -0.4 is 5.56 Å². The summed E-state index contributed by atoms with van der Waals surface area (Å²) in [5, 5.41) is 3.85. The maximum atomic E-state index is 12.1. The summed E-state index contributed by atoms with van der Waals surface area (Å²) in [6, 6.07) is 6.36. The highest BCUT2D eigenvalue weighted by Gasteiger charge is 2.14. The Balaban J connectivity index is 2.57. The molecule has 0 atom stereocenters. The number of aryl methyl sites for hydroxylation is 3. The first kappa shape index (κ1) is 17.1. The molecule has 0 saturated heterocycles. The molecule has 0 aliphatic carbocycles. The van der Waals surface area contributed by atoms with Crippen LogP contribution in [0.1, 0.15) is 22.4 Å². The van der Waals surface area contributed by atoms with E-state index >= 15 is 0 Å². The molecular weight excluding hydrogens is 411 g/mol. The van der Waals surface area contributed by atoms with Crippen molar-refractivity contribution in [2.24, 2.45) is 5.16 Å². The zero-order valence-corrected chi connectivity index (χ0v) is 15.8. The molecule has 116 valence electrons. The van der Waals surface area contributed by atoms with E-state index in [1.54, 1.807) is 18.0 Å². The lowest BCUT2D eigenvalue weighted by molar-refractivity contribution is 0.215. The van der Waals surface area contributed by atoms with Gasteiger partial charge in [0.05, 0.1) is 9.78 Å². The second-order valence-corrected chi connectivity index (χ2v) is 7.14. The van der Waals surface area contributed by atoms with Crippen LogP contribution >= 0.6 is 34.4 Å². The highest BCUT2D eigenvalue weighted by atomic mass is 127. The lowest BCUT2D eigenvalue weighted by atomic mass is 10.2. The normalized spacial score (nSPS) is 11.1. The molecule has 22 heavy (non-hydrogen) atoms. The number of benzene rings is 1. The summed E-state index contributed by atoms with van der Waals surface area (Å²) < 4.78 is 0.657. The molecule has 1 heterocycles. The maximum absolute atomic E-state index is 12.1. The molecule has 1 aromatic heterocycles. The number of pyridine rings is 1. The second kappa shape index (κ2) is 7.32. The fourth-order valence-corrected chi connectivity index (χ4v) is 4.13. The number of halogens is 1. The number of nitrogens with one attached hydrogen (secondary N) is 1. The molecule has 0 aliphatic rings. The maximum Gasteiger partial charge on any atom is 0.262 e. The van der Waals surface area contributed by atoms with E-state index in [2.05, 4.69) is 64.8 Å². The molecule has 0 amide bonds. The number of oxime groups is 1. The fourth-order valence-electron chi connectivity index (χ4n) is 2.15. The van der Waals surface area contributed by atoms with Crippen LogP contribution in [-0.2, 0) is 4.84 Å². The van der Waals surface area contributed by atoms with Crippen LogP contribution in [0.3, 0.4) is 0 Å². The van der Waals surface area contributed by atoms with E-state index in [-0.39, 0.29) is 5.56 Å². The predicted molar refractivity (Wildman–Crippen MR) is 99.2 cm³/mol. The summed E-state index contributed by atoms with van der Waals surface area (Å²) in [7, 11) is 1.50. The van der Waals surface area contributed by atoms with Crippen LogP contribution in [0.2, 0.25) is 0 Å². The summed E-state index contributed by atoms with van der Waals surface area (Å²) in [5.74, 6) is 0. The monoisotopic (exact) mass is 428 g/mol. The number of H-pyrrole nitrogens is 1. The molecule has 0 aliphatic heterocycles. The van der Waals surface area contributed by atoms with Crippen LogP contribution in [-0.4, -0.2) is 18.3 Å². The van der Waals surface area contributed by atoms with Crippen molar-refractivity contribution in [3.63, 3.8) is 0 Å². The number of hydrogen-bond acceptors (Lipinski definition) is 4. The SMILES string of the molecule is CO/N=C/c1c(C)[nH]c(=O)c(I)c1Sc1cc(C)cc(C)c1. The van der Waals surface area contributed by atoms with Gasteiger partial charge < -0.3 is 9.82 Å². The van der Waals surface area contributed by atoms with Crippen molar-refractivity contribution >= 4 is 40.6 Å². The second-order valence-electron chi connectivity index (χ2n) is 4.98. The number of nitrogens with zero attached hydrogens (tertiary/aromatic N) is 1. The zero-order chi connectivity index (χ0) is 16.3. The van der Waals surface area contributed by atoms with E-state index in [0.717, 1.165) is 21.0 Å². The van der Waals surface area contributed by atoms with Gasteiger partial charge in [0, 0.05) is 21.0 Å². The van der Waals surface area contributed by atoms with Crippen molar-refractivity contribution in [3.05, 3.63) is 54.5 Å². The topological polar surface area (TPSA) is 54.4 Å². The highest BCUT2D eigenvalue weighted by molar-refractivity contribution is 14.1. The molecule has 6 heteroatoms. The van der Waals surface area contributed by atoms with Crippen molar-refractivity contribution in [1.29, 1.82) is 0 Å². The van der Waals surface area contributed by atoms with Crippen LogP contribution in [0.15, 0.2) is 37.9 Å². The van der Waals surface area contributed by atoms with Crippen molar-refractivity contribution in [1.82, 2.24) is 4.98 Å². The van der Waals surface area contributed by atoms with Gasteiger partial charge in [-0.05, 0) is 66.6 Å². The molecule has 0 fully saturated rings. The Hall–Kier alpha value is -1.28. The fraction of sp³-hybridized carbons (Fsp3) is 0.250. The molecule has 1 aromatic carbocycles. The van der Waals surface area contributed by atoms with E-state index in [0.29, 0.717) is 3.57 Å². The Morgan fingerprint density at radius 3 is 2.45 bits per heavy atom. The minimum Gasteiger partial charge on any atom is -0.399 e. The Kier molecular flexibility index (Phi) is 5.69. The van der Waals surface area contributed by atoms with Gasteiger partial charge in [0.15, 0.2) is 0 Å². The standard InChI is InChI=1S/C16H17IN2O2S/c1-9-5-10(2)7-12(6-9)22-15-13(8-18-21-4)11(3)19-16(20)14(15)17/h5-8H,1-4H3,(H,19,20)/b18-8+. The molecule has 0 unspecified atom stereocenters. The molecule has 0 bridgehead atoms. The summed E-state index contributed by atoms with van der Waals surface area (Å²) in [6.45, 7) is 6.00. The van der Waals surface area contributed by atoms with E-state index in [9.17, 15) is 4.79 Å². The molecule has 0 spiro atoms. The smallest absolute Gasteiger partial charge is 0.262 e. The number of aromatic nitrogens is 1. The van der Waals surface area contributed by atoms with Gasteiger partial charge in [0.1, 0.15) is 7.11 Å². The summed E-state index contributed by atoms with van der Waals surface area (Å²) >= 11 is 3.65. The Bertz CT molecular complexity index is 764. The van der Waals surface area contributed by atoms with Gasteiger partial charge >= 0.3 is 0 Å². The molecule has 1 N–H and O–H groups in total. The van der Waals surface area contributed by atoms with Gasteiger partial charge in [-0.25, -0.2) is 0 Å². The van der Waals surface area contributed by atoms with Gasteiger partial charge in [-0.2, -0.15) is 0 Å². The van der Waals surface area contributed by atoms with E-state index in [1.807, 2.05) is 6.92 Å². The van der Waals surface area contributed by atoms with E-state index < -0.39 is 0 Å². The summed E-state index contributed by atoms with van der Waals surface area (Å²) in [5.41, 5.74) is 3.96. The van der Waals surface area contributed by atoms with Crippen LogP contribution in [0.5, 0.6) is 0 Å². The predicted octanol–water partition coefficient (Wildman–Crippen LogP) is 4.04. The van der Waals surface area contributed by atoms with Crippen molar-refractivity contribution < 1.29 is 4.84 Å². The van der Waals surface area contributed by atoms with Gasteiger partial charge in [0.25, 0.3) is 5.56 Å². The molecule has 2 aromatic rings. The summed E-state index contributed by atoms with van der Waals surface area (Å²) in [6.07, 6.45) is 1.64. The minimum absolute atomic E-state index is 0.0838. The first-order valence-electron chi connectivity index (χ1n) is 6.67. The van der Waals surface area contributed by atoms with E-state index in [4.69, 9.17) is 4.84 Å². The quantitative estimate of drug-likeness (QED) is 0.455. The van der Waals surface area contributed by atoms with Crippen LogP contribution in [0, 0.1) is 24.3 Å². The Morgan fingerprint density at radius 2 is 1.86 bits per heavy atom. The molecule has 0 saturated carbocycles. The van der Waals surface area contributed by atoms with Gasteiger partial charge in [-0.15, -0.1) is 0 Å². The Morgan fingerprint density at radius 1 is 1.23 bits per heavy atom. The number of aromatic amines is 1. The first-order valence-corrected chi connectivity index (χ1v) is 8.57. The molecule has 0 radical (unpaired) electrons. The molecule has 4 nitrogen and oxygen atoms in total. The van der Waals surface area contributed by atoms with Gasteiger partial charge in [0.2, 0.25) is 0 Å². The largest absolute Gasteiger partial charge is 0.399 e. The minimum atomic E-state index is -0.0838. The molecule has 2 rings (SSSR count). The van der Waals surface area contributed by atoms with E-state index in [1.165, 1.54) is 18.2 Å². The van der Waals surface area contributed by atoms with Gasteiger partial charge in [-0.1, -0.05) is 23.0 Å². The van der Waals surface area contributed by atoms with Crippen molar-refractivity contribution in [3.8, 4) is 0 Å². The lowest BCUT2D eigenvalue weighted by Gasteiger charge is -2.11. The summed E-state index contributed by atoms with van der Waals surface area (Å²) in [4.78, 5) is 21.7. The third-order valence-electron chi connectivity index (χ3n) is 3.05.